The summed E-state index contributed by atoms with van der Waals surface area (Å²) in [5, 5.41) is 9.53. The first-order chi connectivity index (χ1) is 8.69. The van der Waals surface area contributed by atoms with Crippen LogP contribution in [0, 0.1) is 0 Å². The monoisotopic (exact) mass is 245 g/mol. The van der Waals surface area contributed by atoms with Gasteiger partial charge in [0.2, 0.25) is 0 Å². The van der Waals surface area contributed by atoms with Crippen LogP contribution in [0.4, 0.5) is 5.69 Å². The van der Waals surface area contributed by atoms with Gasteiger partial charge in [-0.05, 0) is 24.3 Å². The summed E-state index contributed by atoms with van der Waals surface area (Å²) in [4.78, 5) is 16.0. The molecule has 2 rings (SSSR count). The van der Waals surface area contributed by atoms with Crippen molar-refractivity contribution >= 4 is 11.6 Å². The molecule has 0 bridgehead atoms. The number of aromatic nitrogens is 3. The van der Waals surface area contributed by atoms with Gasteiger partial charge in [0.1, 0.15) is 5.82 Å². The second-order valence-corrected chi connectivity index (χ2v) is 3.86. The van der Waals surface area contributed by atoms with Crippen LogP contribution in [0.5, 0.6) is 0 Å². The summed E-state index contributed by atoms with van der Waals surface area (Å²) >= 11 is 0. The fourth-order valence-electron chi connectivity index (χ4n) is 1.47. The molecule has 6 heteroatoms. The lowest BCUT2D eigenvalue weighted by molar-refractivity contribution is 0.0950. The normalized spacial score (nSPS) is 10.3. The average Bonchev–Trinajstić information content (AvgIpc) is 2.85. The first-order valence-corrected chi connectivity index (χ1v) is 5.73. The van der Waals surface area contributed by atoms with Crippen molar-refractivity contribution in [3.05, 3.63) is 41.5 Å². The lowest BCUT2D eigenvalue weighted by Crippen LogP contribution is -2.23. The van der Waals surface area contributed by atoms with E-state index in [9.17, 15) is 4.79 Å². The van der Waals surface area contributed by atoms with Crippen molar-refractivity contribution in [2.45, 2.75) is 19.9 Å². The van der Waals surface area contributed by atoms with E-state index in [-0.39, 0.29) is 5.91 Å². The molecule has 1 aromatic heterocycles. The van der Waals surface area contributed by atoms with Crippen LogP contribution < -0.4 is 11.1 Å². The zero-order valence-corrected chi connectivity index (χ0v) is 10.1. The van der Waals surface area contributed by atoms with Gasteiger partial charge in [0.25, 0.3) is 5.91 Å². The number of H-pyrrole nitrogens is 1. The maximum absolute atomic E-state index is 11.8. The molecule has 6 nitrogen and oxygen atoms in total. The lowest BCUT2D eigenvalue weighted by Gasteiger charge is -2.03. The van der Waals surface area contributed by atoms with Gasteiger partial charge in [0, 0.05) is 17.7 Å². The van der Waals surface area contributed by atoms with E-state index in [4.69, 9.17) is 5.73 Å². The Balaban J connectivity index is 1.93. The number of carbonyl (C=O) groups is 1. The number of benzene rings is 1. The van der Waals surface area contributed by atoms with Gasteiger partial charge < -0.3 is 11.1 Å². The molecule has 0 saturated carbocycles. The van der Waals surface area contributed by atoms with Crippen molar-refractivity contribution in [2.24, 2.45) is 0 Å². The summed E-state index contributed by atoms with van der Waals surface area (Å²) in [6, 6.07) is 6.75. The van der Waals surface area contributed by atoms with Crippen LogP contribution in [0.3, 0.4) is 0 Å². The fraction of sp³-hybridized carbons (Fsp3) is 0.250. The molecule has 0 saturated heterocycles. The number of aromatic amines is 1. The first-order valence-electron chi connectivity index (χ1n) is 5.73. The van der Waals surface area contributed by atoms with E-state index in [0.717, 1.165) is 12.2 Å². The van der Waals surface area contributed by atoms with E-state index in [1.165, 1.54) is 0 Å². The minimum absolute atomic E-state index is 0.163. The van der Waals surface area contributed by atoms with Crippen LogP contribution in [0.25, 0.3) is 0 Å². The van der Waals surface area contributed by atoms with Crippen LogP contribution in [-0.4, -0.2) is 21.1 Å². The van der Waals surface area contributed by atoms with E-state index >= 15 is 0 Å². The second-order valence-electron chi connectivity index (χ2n) is 3.86. The third kappa shape index (κ3) is 2.85. The summed E-state index contributed by atoms with van der Waals surface area (Å²) in [7, 11) is 0. The van der Waals surface area contributed by atoms with Crippen molar-refractivity contribution in [1.29, 1.82) is 0 Å². The quantitative estimate of drug-likeness (QED) is 0.696. The number of rotatable bonds is 4. The molecule has 0 fully saturated rings. The number of hydrogen-bond acceptors (Lipinski definition) is 4. The fourth-order valence-corrected chi connectivity index (χ4v) is 1.47. The van der Waals surface area contributed by atoms with Crippen LogP contribution in [0.2, 0.25) is 0 Å². The SMILES string of the molecule is CCc1n[nH]c(CNC(=O)c2ccc(N)cc2)n1. The van der Waals surface area contributed by atoms with Crippen molar-refractivity contribution in [2.75, 3.05) is 5.73 Å². The van der Waals surface area contributed by atoms with Crippen LogP contribution in [0.1, 0.15) is 28.9 Å². The molecule has 18 heavy (non-hydrogen) atoms. The van der Waals surface area contributed by atoms with E-state index in [1.807, 2.05) is 6.92 Å². The van der Waals surface area contributed by atoms with Crippen LogP contribution in [0.15, 0.2) is 24.3 Å². The number of hydrogen-bond donors (Lipinski definition) is 3. The molecular weight excluding hydrogens is 230 g/mol. The summed E-state index contributed by atoms with van der Waals surface area (Å²) in [5.74, 6) is 1.23. The standard InChI is InChI=1S/C12H15N5O/c1-2-10-15-11(17-16-10)7-14-12(18)8-3-5-9(13)6-4-8/h3-6H,2,7,13H2,1H3,(H,14,18)(H,15,16,17). The van der Waals surface area contributed by atoms with Gasteiger partial charge in [-0.2, -0.15) is 5.10 Å². The summed E-state index contributed by atoms with van der Waals surface area (Å²) in [5.41, 5.74) is 6.76. The van der Waals surface area contributed by atoms with Gasteiger partial charge >= 0.3 is 0 Å². The Hall–Kier alpha value is -2.37. The zero-order chi connectivity index (χ0) is 13.0. The van der Waals surface area contributed by atoms with Gasteiger partial charge in [-0.25, -0.2) is 4.98 Å². The third-order valence-electron chi connectivity index (χ3n) is 2.48. The topological polar surface area (TPSA) is 96.7 Å². The Bertz CT molecular complexity index is 532. The molecule has 0 spiro atoms. The molecule has 1 aromatic carbocycles. The highest BCUT2D eigenvalue weighted by atomic mass is 16.1. The second kappa shape index (κ2) is 5.31. The molecule has 4 N–H and O–H groups in total. The smallest absolute Gasteiger partial charge is 0.251 e. The molecular formula is C12H15N5O. The zero-order valence-electron chi connectivity index (χ0n) is 10.1. The van der Waals surface area contributed by atoms with Crippen molar-refractivity contribution in [1.82, 2.24) is 20.5 Å². The average molecular weight is 245 g/mol. The third-order valence-corrected chi connectivity index (χ3v) is 2.48. The molecule has 0 aliphatic heterocycles. The van der Waals surface area contributed by atoms with E-state index < -0.39 is 0 Å². The minimum Gasteiger partial charge on any atom is -0.399 e. The summed E-state index contributed by atoms with van der Waals surface area (Å²) in [6.45, 7) is 2.30. The largest absolute Gasteiger partial charge is 0.399 e. The van der Waals surface area contributed by atoms with Gasteiger partial charge in [-0.1, -0.05) is 6.92 Å². The van der Waals surface area contributed by atoms with Crippen molar-refractivity contribution in [3.8, 4) is 0 Å². The summed E-state index contributed by atoms with van der Waals surface area (Å²) < 4.78 is 0. The van der Waals surface area contributed by atoms with Gasteiger partial charge in [-0.15, -0.1) is 0 Å². The number of nitrogens with zero attached hydrogens (tertiary/aromatic N) is 2. The summed E-state index contributed by atoms with van der Waals surface area (Å²) in [6.07, 6.45) is 0.766. The molecule has 0 aliphatic rings. The lowest BCUT2D eigenvalue weighted by atomic mass is 10.2. The van der Waals surface area contributed by atoms with E-state index in [2.05, 4.69) is 20.5 Å². The maximum atomic E-state index is 11.8. The van der Waals surface area contributed by atoms with Crippen molar-refractivity contribution in [3.63, 3.8) is 0 Å². The van der Waals surface area contributed by atoms with E-state index in [1.54, 1.807) is 24.3 Å². The molecule has 94 valence electrons. The number of carbonyl (C=O) groups excluding carboxylic acids is 1. The molecule has 0 radical (unpaired) electrons. The van der Waals surface area contributed by atoms with Crippen molar-refractivity contribution < 1.29 is 4.79 Å². The number of amides is 1. The maximum Gasteiger partial charge on any atom is 0.251 e. The number of nitrogen functional groups attached to an aromatic ring is 1. The molecule has 2 aromatic rings. The number of nitrogens with one attached hydrogen (secondary N) is 2. The number of nitrogens with two attached hydrogens (primary N) is 1. The Morgan fingerprint density at radius 1 is 1.39 bits per heavy atom. The Morgan fingerprint density at radius 3 is 2.72 bits per heavy atom. The number of aryl methyl sites for hydroxylation is 1. The molecule has 1 heterocycles. The minimum atomic E-state index is -0.163. The van der Waals surface area contributed by atoms with Crippen LogP contribution >= 0.6 is 0 Å². The van der Waals surface area contributed by atoms with E-state index in [0.29, 0.717) is 23.6 Å². The Labute approximate surface area is 105 Å². The highest BCUT2D eigenvalue weighted by Gasteiger charge is 2.06. The van der Waals surface area contributed by atoms with Gasteiger partial charge in [0.05, 0.1) is 6.54 Å². The first kappa shape index (κ1) is 12.1. The van der Waals surface area contributed by atoms with Crippen LogP contribution in [-0.2, 0) is 13.0 Å². The van der Waals surface area contributed by atoms with Gasteiger partial charge in [0.15, 0.2) is 5.82 Å². The molecule has 1 amide bonds. The van der Waals surface area contributed by atoms with Gasteiger partial charge in [-0.3, -0.25) is 9.89 Å². The Kier molecular flexibility index (Phi) is 3.57. The molecule has 0 aliphatic carbocycles. The highest BCUT2D eigenvalue weighted by Crippen LogP contribution is 2.05. The Morgan fingerprint density at radius 2 is 2.11 bits per heavy atom. The number of anilines is 1. The molecule has 0 unspecified atom stereocenters. The predicted molar refractivity (Wildman–Crippen MR) is 67.8 cm³/mol. The molecule has 0 atom stereocenters. The predicted octanol–water partition coefficient (Wildman–Crippen LogP) is 0.879. The highest BCUT2D eigenvalue weighted by molar-refractivity contribution is 5.94.